The topological polar surface area (TPSA) is 9.23 Å². The first-order valence-electron chi connectivity index (χ1n) is 5.80. The van der Waals surface area contributed by atoms with Gasteiger partial charge in [-0.2, -0.15) is 22.0 Å². The Balaban J connectivity index is 2.74. The van der Waals surface area contributed by atoms with Gasteiger partial charge in [0.05, 0.1) is 5.56 Å². The predicted molar refractivity (Wildman–Crippen MR) is 73.5 cm³/mol. The highest BCUT2D eigenvalue weighted by molar-refractivity contribution is 6.35. The van der Waals surface area contributed by atoms with Gasteiger partial charge in [0.2, 0.25) is 0 Å². The zero-order chi connectivity index (χ0) is 16.5. The van der Waals surface area contributed by atoms with Crippen LogP contribution in [0.1, 0.15) is 5.56 Å². The summed E-state index contributed by atoms with van der Waals surface area (Å²) in [5, 5.41) is 0.143. The molecule has 0 fully saturated rings. The minimum absolute atomic E-state index is 0.0684. The number of alkyl halides is 5. The number of rotatable bonds is 3. The van der Waals surface area contributed by atoms with Crippen LogP contribution >= 0.6 is 23.2 Å². The van der Waals surface area contributed by atoms with E-state index in [1.165, 1.54) is 18.2 Å². The van der Waals surface area contributed by atoms with Crippen molar-refractivity contribution in [1.29, 1.82) is 0 Å². The predicted octanol–water partition coefficient (Wildman–Crippen LogP) is 6.28. The zero-order valence-electron chi connectivity index (χ0n) is 10.6. The highest BCUT2D eigenvalue weighted by Crippen LogP contribution is 2.43. The number of hydrogen-bond donors (Lipinski definition) is 0. The molecule has 0 aliphatic rings. The van der Waals surface area contributed by atoms with E-state index < -0.39 is 29.7 Å². The average Bonchev–Trinajstić information content (AvgIpc) is 2.35. The van der Waals surface area contributed by atoms with Gasteiger partial charge in [0.1, 0.15) is 5.75 Å². The Morgan fingerprint density at radius 2 is 1.55 bits per heavy atom. The van der Waals surface area contributed by atoms with Crippen LogP contribution in [0.2, 0.25) is 10.0 Å². The van der Waals surface area contributed by atoms with Crippen molar-refractivity contribution < 1.29 is 26.7 Å². The summed E-state index contributed by atoms with van der Waals surface area (Å²) in [7, 11) is 0. The van der Waals surface area contributed by atoms with Crippen LogP contribution in [-0.4, -0.2) is 6.61 Å². The fourth-order valence-electron chi connectivity index (χ4n) is 1.96. The summed E-state index contributed by atoms with van der Waals surface area (Å²) in [5.74, 6) is -0.608. The molecule has 1 nitrogen and oxygen atoms in total. The van der Waals surface area contributed by atoms with Crippen molar-refractivity contribution in [2.75, 3.05) is 0 Å². The summed E-state index contributed by atoms with van der Waals surface area (Å²) >= 11 is 11.5. The Kier molecular flexibility index (Phi) is 4.82. The van der Waals surface area contributed by atoms with E-state index in [9.17, 15) is 22.0 Å². The second-order valence-electron chi connectivity index (χ2n) is 4.21. The molecule has 0 atom stereocenters. The minimum Gasteiger partial charge on any atom is -0.434 e. The van der Waals surface area contributed by atoms with Gasteiger partial charge < -0.3 is 4.74 Å². The Bertz CT molecular complexity index is 665. The van der Waals surface area contributed by atoms with Gasteiger partial charge in [0, 0.05) is 15.6 Å². The molecule has 0 saturated heterocycles. The first-order valence-corrected chi connectivity index (χ1v) is 6.55. The van der Waals surface area contributed by atoms with Gasteiger partial charge in [0.15, 0.2) is 0 Å². The Morgan fingerprint density at radius 3 is 2.05 bits per heavy atom. The molecule has 22 heavy (non-hydrogen) atoms. The molecule has 2 rings (SSSR count). The standard InChI is InChI=1S/C14H7Cl2F5O/c15-8-4-7(5-9(16)6-8)12-10(14(19,20)21)2-1-3-11(12)22-13(17)18/h1-6,13H. The monoisotopic (exact) mass is 356 g/mol. The molecule has 0 unspecified atom stereocenters. The van der Waals surface area contributed by atoms with Crippen molar-refractivity contribution in [3.05, 3.63) is 52.0 Å². The molecule has 2 aromatic rings. The van der Waals surface area contributed by atoms with Gasteiger partial charge in [0.25, 0.3) is 0 Å². The van der Waals surface area contributed by atoms with Crippen LogP contribution in [0.25, 0.3) is 11.1 Å². The van der Waals surface area contributed by atoms with Crippen molar-refractivity contribution in [1.82, 2.24) is 0 Å². The lowest BCUT2D eigenvalue weighted by Crippen LogP contribution is -2.10. The molecule has 0 amide bonds. The minimum atomic E-state index is -4.76. The second-order valence-corrected chi connectivity index (χ2v) is 5.09. The van der Waals surface area contributed by atoms with Gasteiger partial charge in [-0.25, -0.2) is 0 Å². The Labute approximate surface area is 132 Å². The van der Waals surface area contributed by atoms with E-state index in [-0.39, 0.29) is 15.6 Å². The summed E-state index contributed by atoms with van der Waals surface area (Å²) in [4.78, 5) is 0. The summed E-state index contributed by atoms with van der Waals surface area (Å²) in [5.41, 5.74) is -1.73. The fourth-order valence-corrected chi connectivity index (χ4v) is 2.48. The lowest BCUT2D eigenvalue weighted by molar-refractivity contribution is -0.137. The summed E-state index contributed by atoms with van der Waals surface area (Å²) in [6, 6.07) is 6.47. The maximum absolute atomic E-state index is 13.1. The van der Waals surface area contributed by atoms with Crippen LogP contribution in [0.15, 0.2) is 36.4 Å². The van der Waals surface area contributed by atoms with Crippen LogP contribution in [0.3, 0.4) is 0 Å². The van der Waals surface area contributed by atoms with Crippen LogP contribution < -0.4 is 4.74 Å². The van der Waals surface area contributed by atoms with E-state index in [0.717, 1.165) is 18.2 Å². The van der Waals surface area contributed by atoms with Crippen molar-refractivity contribution in [2.24, 2.45) is 0 Å². The van der Waals surface area contributed by atoms with Crippen molar-refractivity contribution in [3.8, 4) is 16.9 Å². The molecule has 8 heteroatoms. The molecule has 0 bridgehead atoms. The smallest absolute Gasteiger partial charge is 0.417 e. The lowest BCUT2D eigenvalue weighted by atomic mass is 9.98. The number of ether oxygens (including phenoxy) is 1. The number of halogens is 7. The molecule has 0 N–H and O–H groups in total. The highest BCUT2D eigenvalue weighted by atomic mass is 35.5. The maximum Gasteiger partial charge on any atom is 0.417 e. The van der Waals surface area contributed by atoms with E-state index in [2.05, 4.69) is 4.74 Å². The van der Waals surface area contributed by atoms with Crippen LogP contribution in [-0.2, 0) is 6.18 Å². The molecule has 0 saturated carbocycles. The van der Waals surface area contributed by atoms with Gasteiger partial charge in [-0.15, -0.1) is 0 Å². The quantitative estimate of drug-likeness (QED) is 0.588. The van der Waals surface area contributed by atoms with Gasteiger partial charge in [-0.05, 0) is 35.9 Å². The summed E-state index contributed by atoms with van der Waals surface area (Å²) in [6.07, 6.45) is -4.76. The fraction of sp³-hybridized carbons (Fsp3) is 0.143. The number of hydrogen-bond acceptors (Lipinski definition) is 1. The van der Waals surface area contributed by atoms with Gasteiger partial charge >= 0.3 is 12.8 Å². The lowest BCUT2D eigenvalue weighted by Gasteiger charge is -2.17. The number of benzene rings is 2. The van der Waals surface area contributed by atoms with E-state index in [4.69, 9.17) is 23.2 Å². The van der Waals surface area contributed by atoms with Crippen LogP contribution in [0, 0.1) is 0 Å². The van der Waals surface area contributed by atoms with E-state index in [1.54, 1.807) is 0 Å². The first kappa shape index (κ1) is 16.8. The molecule has 2 aromatic carbocycles. The summed E-state index contributed by atoms with van der Waals surface area (Å²) in [6.45, 7) is -3.27. The normalized spacial score (nSPS) is 11.8. The van der Waals surface area contributed by atoms with Gasteiger partial charge in [-0.1, -0.05) is 29.3 Å². The molecular weight excluding hydrogens is 350 g/mol. The van der Waals surface area contributed by atoms with Crippen molar-refractivity contribution in [3.63, 3.8) is 0 Å². The molecule has 0 heterocycles. The molecule has 0 aliphatic carbocycles. The highest BCUT2D eigenvalue weighted by Gasteiger charge is 2.35. The third kappa shape index (κ3) is 3.81. The molecule has 0 radical (unpaired) electrons. The first-order chi connectivity index (χ1) is 10.2. The second kappa shape index (κ2) is 6.30. The van der Waals surface area contributed by atoms with Crippen LogP contribution in [0.4, 0.5) is 22.0 Å². The molecule has 0 aromatic heterocycles. The molecule has 118 valence electrons. The third-order valence-electron chi connectivity index (χ3n) is 2.70. The Hall–Kier alpha value is -1.53. The third-order valence-corrected chi connectivity index (χ3v) is 3.14. The van der Waals surface area contributed by atoms with Crippen molar-refractivity contribution >= 4 is 23.2 Å². The van der Waals surface area contributed by atoms with E-state index >= 15 is 0 Å². The maximum atomic E-state index is 13.1. The van der Waals surface area contributed by atoms with Crippen LogP contribution in [0.5, 0.6) is 5.75 Å². The molecule has 0 spiro atoms. The summed E-state index contributed by atoms with van der Waals surface area (Å²) < 4.78 is 68.5. The zero-order valence-corrected chi connectivity index (χ0v) is 12.1. The SMILES string of the molecule is FC(F)Oc1cccc(C(F)(F)F)c1-c1cc(Cl)cc(Cl)c1. The Morgan fingerprint density at radius 1 is 0.955 bits per heavy atom. The molecular formula is C14H7Cl2F5O. The van der Waals surface area contributed by atoms with E-state index in [0.29, 0.717) is 0 Å². The van der Waals surface area contributed by atoms with Gasteiger partial charge in [-0.3, -0.25) is 0 Å². The molecule has 0 aliphatic heterocycles. The van der Waals surface area contributed by atoms with E-state index in [1.807, 2.05) is 0 Å². The van der Waals surface area contributed by atoms with Crippen molar-refractivity contribution in [2.45, 2.75) is 12.8 Å². The largest absolute Gasteiger partial charge is 0.434 e. The average molecular weight is 357 g/mol.